The van der Waals surface area contributed by atoms with Crippen LogP contribution in [0.3, 0.4) is 0 Å². The number of halogens is 1. The summed E-state index contributed by atoms with van der Waals surface area (Å²) in [5.74, 6) is 0.150. The van der Waals surface area contributed by atoms with Gasteiger partial charge in [0, 0.05) is 23.7 Å². The molecule has 5 nitrogen and oxygen atoms in total. The Morgan fingerprint density at radius 1 is 1.18 bits per heavy atom. The number of hydrogen-bond acceptors (Lipinski definition) is 4. The SMILES string of the molecule is Cc1nc(-c2ccc(NC(=O)c3cccc(F)c3)cc2)no1. The lowest BCUT2D eigenvalue weighted by Crippen LogP contribution is -2.11. The highest BCUT2D eigenvalue weighted by Gasteiger charge is 2.08. The summed E-state index contributed by atoms with van der Waals surface area (Å²) < 4.78 is 18.0. The first kappa shape index (κ1) is 13.9. The average molecular weight is 297 g/mol. The topological polar surface area (TPSA) is 68.0 Å². The van der Waals surface area contributed by atoms with Gasteiger partial charge in [-0.25, -0.2) is 4.39 Å². The van der Waals surface area contributed by atoms with Gasteiger partial charge in [0.2, 0.25) is 11.7 Å². The molecule has 0 aliphatic rings. The molecule has 0 atom stereocenters. The van der Waals surface area contributed by atoms with Crippen LogP contribution >= 0.6 is 0 Å². The lowest BCUT2D eigenvalue weighted by atomic mass is 10.1. The standard InChI is InChI=1S/C16H12FN3O2/c1-10-18-15(20-22-10)11-5-7-14(8-6-11)19-16(21)12-3-2-4-13(17)9-12/h2-9H,1H3,(H,19,21). The van der Waals surface area contributed by atoms with E-state index < -0.39 is 5.82 Å². The predicted molar refractivity (Wildman–Crippen MR) is 78.8 cm³/mol. The fourth-order valence-electron chi connectivity index (χ4n) is 1.95. The van der Waals surface area contributed by atoms with Crippen LogP contribution in [0.2, 0.25) is 0 Å². The van der Waals surface area contributed by atoms with Crippen molar-refractivity contribution in [2.24, 2.45) is 0 Å². The largest absolute Gasteiger partial charge is 0.339 e. The average Bonchev–Trinajstić information content (AvgIpc) is 2.94. The van der Waals surface area contributed by atoms with Gasteiger partial charge in [0.15, 0.2) is 0 Å². The summed E-state index contributed by atoms with van der Waals surface area (Å²) >= 11 is 0. The third-order valence-electron chi connectivity index (χ3n) is 3.02. The van der Waals surface area contributed by atoms with Crippen LogP contribution in [0, 0.1) is 12.7 Å². The van der Waals surface area contributed by atoms with E-state index in [0.29, 0.717) is 17.4 Å². The van der Waals surface area contributed by atoms with Gasteiger partial charge in [-0.15, -0.1) is 0 Å². The minimum atomic E-state index is -0.449. The second-order valence-corrected chi connectivity index (χ2v) is 4.68. The Hall–Kier alpha value is -3.02. The molecule has 0 radical (unpaired) electrons. The molecular weight excluding hydrogens is 285 g/mol. The van der Waals surface area contributed by atoms with Crippen LogP contribution in [0.4, 0.5) is 10.1 Å². The molecule has 1 amide bonds. The number of aryl methyl sites for hydroxylation is 1. The first-order chi connectivity index (χ1) is 10.6. The number of hydrogen-bond donors (Lipinski definition) is 1. The molecule has 1 heterocycles. The molecule has 0 aliphatic heterocycles. The highest BCUT2D eigenvalue weighted by Crippen LogP contribution is 2.19. The van der Waals surface area contributed by atoms with Gasteiger partial charge in [0.05, 0.1) is 0 Å². The van der Waals surface area contributed by atoms with E-state index >= 15 is 0 Å². The van der Waals surface area contributed by atoms with Crippen molar-refractivity contribution in [3.8, 4) is 11.4 Å². The molecule has 0 fully saturated rings. The summed E-state index contributed by atoms with van der Waals surface area (Å²) in [5, 5.41) is 6.52. The van der Waals surface area contributed by atoms with Gasteiger partial charge in [0.1, 0.15) is 5.82 Å². The fraction of sp³-hybridized carbons (Fsp3) is 0.0625. The van der Waals surface area contributed by atoms with Crippen LogP contribution < -0.4 is 5.32 Å². The van der Waals surface area contributed by atoms with Crippen LogP contribution in [0.25, 0.3) is 11.4 Å². The summed E-state index contributed by atoms with van der Waals surface area (Å²) in [5.41, 5.74) is 1.64. The zero-order valence-electron chi connectivity index (χ0n) is 11.7. The first-order valence-electron chi connectivity index (χ1n) is 6.59. The minimum absolute atomic E-state index is 0.262. The van der Waals surface area contributed by atoms with Crippen molar-refractivity contribution in [3.05, 3.63) is 65.8 Å². The van der Waals surface area contributed by atoms with E-state index in [2.05, 4.69) is 15.5 Å². The molecule has 0 unspecified atom stereocenters. The van der Waals surface area contributed by atoms with Crippen LogP contribution in [-0.4, -0.2) is 16.0 Å². The quantitative estimate of drug-likeness (QED) is 0.804. The lowest BCUT2D eigenvalue weighted by molar-refractivity contribution is 0.102. The molecule has 0 saturated heterocycles. The third kappa shape index (κ3) is 3.01. The van der Waals surface area contributed by atoms with Gasteiger partial charge in [-0.05, 0) is 42.5 Å². The molecule has 110 valence electrons. The molecule has 0 spiro atoms. The Bertz CT molecular complexity index is 812. The van der Waals surface area contributed by atoms with E-state index in [0.717, 1.165) is 5.56 Å². The van der Waals surface area contributed by atoms with E-state index in [9.17, 15) is 9.18 Å². The van der Waals surface area contributed by atoms with Crippen molar-refractivity contribution in [1.82, 2.24) is 10.1 Å². The summed E-state index contributed by atoms with van der Waals surface area (Å²) in [4.78, 5) is 16.1. The van der Waals surface area contributed by atoms with Crippen LogP contribution in [-0.2, 0) is 0 Å². The Labute approximate surface area is 125 Å². The van der Waals surface area contributed by atoms with Gasteiger partial charge in [-0.3, -0.25) is 4.79 Å². The number of nitrogens with one attached hydrogen (secondary N) is 1. The predicted octanol–water partition coefficient (Wildman–Crippen LogP) is 3.44. The van der Waals surface area contributed by atoms with Crippen molar-refractivity contribution in [2.75, 3.05) is 5.32 Å². The highest BCUT2D eigenvalue weighted by atomic mass is 19.1. The van der Waals surface area contributed by atoms with E-state index in [4.69, 9.17) is 4.52 Å². The number of rotatable bonds is 3. The molecule has 6 heteroatoms. The molecule has 0 aliphatic carbocycles. The zero-order valence-corrected chi connectivity index (χ0v) is 11.7. The number of benzene rings is 2. The molecule has 3 aromatic rings. The Morgan fingerprint density at radius 2 is 1.95 bits per heavy atom. The molecule has 0 saturated carbocycles. The van der Waals surface area contributed by atoms with Gasteiger partial charge in [0.25, 0.3) is 5.91 Å². The lowest BCUT2D eigenvalue weighted by Gasteiger charge is -2.05. The van der Waals surface area contributed by atoms with E-state index in [1.807, 2.05) is 0 Å². The normalized spacial score (nSPS) is 10.5. The van der Waals surface area contributed by atoms with Crippen molar-refractivity contribution < 1.29 is 13.7 Å². The van der Waals surface area contributed by atoms with Gasteiger partial charge < -0.3 is 9.84 Å². The molecule has 3 rings (SSSR count). The number of aromatic nitrogens is 2. The Kier molecular flexibility index (Phi) is 3.65. The molecule has 2 aromatic carbocycles. The van der Waals surface area contributed by atoms with Crippen LogP contribution in [0.5, 0.6) is 0 Å². The molecular formula is C16H12FN3O2. The highest BCUT2D eigenvalue weighted by molar-refractivity contribution is 6.04. The smallest absolute Gasteiger partial charge is 0.255 e. The van der Waals surface area contributed by atoms with E-state index in [1.165, 1.54) is 18.2 Å². The van der Waals surface area contributed by atoms with Crippen LogP contribution in [0.1, 0.15) is 16.2 Å². The maximum absolute atomic E-state index is 13.1. The minimum Gasteiger partial charge on any atom is -0.339 e. The van der Waals surface area contributed by atoms with Crippen LogP contribution in [0.15, 0.2) is 53.1 Å². The van der Waals surface area contributed by atoms with Crippen molar-refractivity contribution in [2.45, 2.75) is 6.92 Å². The van der Waals surface area contributed by atoms with Gasteiger partial charge in [-0.2, -0.15) is 4.98 Å². The summed E-state index contributed by atoms with van der Waals surface area (Å²) in [6, 6.07) is 12.5. The number of nitrogens with zero attached hydrogens (tertiary/aromatic N) is 2. The molecule has 1 aromatic heterocycles. The number of amides is 1. The summed E-state index contributed by atoms with van der Waals surface area (Å²) in [6.07, 6.45) is 0. The maximum Gasteiger partial charge on any atom is 0.255 e. The summed E-state index contributed by atoms with van der Waals surface area (Å²) in [7, 11) is 0. The first-order valence-corrected chi connectivity index (χ1v) is 6.59. The van der Waals surface area contributed by atoms with Crippen molar-refractivity contribution in [3.63, 3.8) is 0 Å². The van der Waals surface area contributed by atoms with E-state index in [1.54, 1.807) is 37.3 Å². The second-order valence-electron chi connectivity index (χ2n) is 4.68. The fourth-order valence-corrected chi connectivity index (χ4v) is 1.95. The summed E-state index contributed by atoms with van der Waals surface area (Å²) in [6.45, 7) is 1.71. The Morgan fingerprint density at radius 3 is 2.59 bits per heavy atom. The zero-order chi connectivity index (χ0) is 15.5. The third-order valence-corrected chi connectivity index (χ3v) is 3.02. The number of carbonyl (C=O) groups excluding carboxylic acids is 1. The molecule has 0 bridgehead atoms. The van der Waals surface area contributed by atoms with Gasteiger partial charge >= 0.3 is 0 Å². The number of carbonyl (C=O) groups is 1. The molecule has 1 N–H and O–H groups in total. The Balaban J connectivity index is 1.75. The number of anilines is 1. The second kappa shape index (κ2) is 5.77. The van der Waals surface area contributed by atoms with E-state index in [-0.39, 0.29) is 11.5 Å². The van der Waals surface area contributed by atoms with Gasteiger partial charge in [-0.1, -0.05) is 11.2 Å². The monoisotopic (exact) mass is 297 g/mol. The van der Waals surface area contributed by atoms with Crippen molar-refractivity contribution in [1.29, 1.82) is 0 Å². The van der Waals surface area contributed by atoms with Crippen molar-refractivity contribution >= 4 is 11.6 Å². The molecule has 22 heavy (non-hydrogen) atoms. The maximum atomic E-state index is 13.1.